The minimum Gasteiger partial charge on any atom is -0.351 e. The van der Waals surface area contributed by atoms with Crippen molar-refractivity contribution in [3.63, 3.8) is 0 Å². The van der Waals surface area contributed by atoms with Crippen molar-refractivity contribution >= 4 is 5.91 Å². The first kappa shape index (κ1) is 8.71. The summed E-state index contributed by atoms with van der Waals surface area (Å²) in [6, 6.07) is 5.40. The van der Waals surface area contributed by atoms with Gasteiger partial charge in [-0.2, -0.15) is 0 Å². The average Bonchev–Trinajstić information content (AvgIpc) is 2.05. The van der Waals surface area contributed by atoms with Gasteiger partial charge in [0.2, 0.25) is 0 Å². The molecule has 0 aliphatic heterocycles. The highest BCUT2D eigenvalue weighted by molar-refractivity contribution is 5.92. The van der Waals surface area contributed by atoms with Gasteiger partial charge in [0.25, 0.3) is 5.91 Å². The first-order valence-electron chi connectivity index (χ1n) is 3.96. The molecule has 3 nitrogen and oxygen atoms in total. The van der Waals surface area contributed by atoms with E-state index in [-0.39, 0.29) is 5.91 Å². The molecule has 0 radical (unpaired) electrons. The number of pyridine rings is 1. The van der Waals surface area contributed by atoms with E-state index in [1.165, 1.54) is 0 Å². The number of carbonyl (C=O) groups is 1. The highest BCUT2D eigenvalue weighted by Gasteiger charge is 2.03. The Labute approximate surface area is 71.8 Å². The number of nitrogens with zero attached hydrogens (tertiary/aromatic N) is 1. The molecule has 1 aromatic rings. The molecule has 0 saturated carbocycles. The lowest BCUT2D eigenvalue weighted by atomic mass is 10.3. The number of hydrogen-bond acceptors (Lipinski definition) is 2. The monoisotopic (exact) mass is 164 g/mol. The van der Waals surface area contributed by atoms with E-state index in [9.17, 15) is 4.79 Å². The molecule has 1 N–H and O–H groups in total. The van der Waals surface area contributed by atoms with Gasteiger partial charge in [-0.05, 0) is 26.0 Å². The third-order valence-corrected chi connectivity index (χ3v) is 1.46. The maximum atomic E-state index is 11.2. The molecular formula is C9H12N2O. The van der Waals surface area contributed by atoms with Crippen LogP contribution in [0.5, 0.6) is 0 Å². The lowest BCUT2D eigenvalue weighted by Crippen LogP contribution is -2.23. The summed E-state index contributed by atoms with van der Waals surface area (Å²) >= 11 is 0. The minimum absolute atomic E-state index is 0.110. The van der Waals surface area contributed by atoms with Crippen LogP contribution in [0.2, 0.25) is 0 Å². The number of rotatable bonds is 2. The van der Waals surface area contributed by atoms with Gasteiger partial charge in [-0.15, -0.1) is 0 Å². The van der Waals surface area contributed by atoms with Crippen molar-refractivity contribution in [1.82, 2.24) is 10.3 Å². The second-order valence-corrected chi connectivity index (χ2v) is 2.52. The van der Waals surface area contributed by atoms with Gasteiger partial charge in [0, 0.05) is 12.2 Å². The fourth-order valence-corrected chi connectivity index (χ4v) is 0.921. The summed E-state index contributed by atoms with van der Waals surface area (Å²) in [6.07, 6.45) is 0. The zero-order chi connectivity index (χ0) is 8.97. The van der Waals surface area contributed by atoms with Gasteiger partial charge in [-0.25, -0.2) is 4.98 Å². The van der Waals surface area contributed by atoms with Crippen molar-refractivity contribution in [3.05, 3.63) is 29.6 Å². The number of hydrogen-bond donors (Lipinski definition) is 1. The summed E-state index contributed by atoms with van der Waals surface area (Å²) in [5.74, 6) is -0.110. The maximum Gasteiger partial charge on any atom is 0.269 e. The fourth-order valence-electron chi connectivity index (χ4n) is 0.921. The Hall–Kier alpha value is -1.38. The number of aromatic nitrogens is 1. The van der Waals surface area contributed by atoms with Gasteiger partial charge in [-0.3, -0.25) is 4.79 Å². The van der Waals surface area contributed by atoms with Crippen molar-refractivity contribution in [1.29, 1.82) is 0 Å². The van der Waals surface area contributed by atoms with Crippen molar-refractivity contribution in [2.45, 2.75) is 13.8 Å². The summed E-state index contributed by atoms with van der Waals surface area (Å²) in [5.41, 5.74) is 1.34. The summed E-state index contributed by atoms with van der Waals surface area (Å²) in [6.45, 7) is 4.38. The van der Waals surface area contributed by atoms with Crippen molar-refractivity contribution in [3.8, 4) is 0 Å². The van der Waals surface area contributed by atoms with Crippen LogP contribution in [-0.4, -0.2) is 17.4 Å². The first-order valence-corrected chi connectivity index (χ1v) is 3.96. The second kappa shape index (κ2) is 3.85. The van der Waals surface area contributed by atoms with Crippen LogP contribution in [0.3, 0.4) is 0 Å². The van der Waals surface area contributed by atoms with Crippen LogP contribution in [0.25, 0.3) is 0 Å². The third-order valence-electron chi connectivity index (χ3n) is 1.46. The van der Waals surface area contributed by atoms with Crippen molar-refractivity contribution < 1.29 is 4.79 Å². The zero-order valence-corrected chi connectivity index (χ0v) is 7.29. The van der Waals surface area contributed by atoms with Crippen LogP contribution in [0.4, 0.5) is 0 Å². The van der Waals surface area contributed by atoms with Gasteiger partial charge in [0.05, 0.1) is 0 Å². The van der Waals surface area contributed by atoms with E-state index in [4.69, 9.17) is 0 Å². The predicted molar refractivity (Wildman–Crippen MR) is 47.0 cm³/mol. The van der Waals surface area contributed by atoms with Crippen molar-refractivity contribution in [2.24, 2.45) is 0 Å². The molecule has 0 spiro atoms. The SMILES string of the molecule is CCNC(=O)c1cccc(C)n1. The van der Waals surface area contributed by atoms with Crippen LogP contribution in [-0.2, 0) is 0 Å². The summed E-state index contributed by atoms with van der Waals surface area (Å²) in [4.78, 5) is 15.3. The quantitative estimate of drug-likeness (QED) is 0.712. The standard InChI is InChI=1S/C9H12N2O/c1-3-10-9(12)8-6-4-5-7(2)11-8/h4-6H,3H2,1-2H3,(H,10,12). The molecule has 12 heavy (non-hydrogen) atoms. The number of aryl methyl sites for hydroxylation is 1. The summed E-state index contributed by atoms with van der Waals surface area (Å²) < 4.78 is 0. The Bertz CT molecular complexity index is 284. The molecule has 3 heteroatoms. The first-order chi connectivity index (χ1) is 5.74. The third kappa shape index (κ3) is 2.05. The molecule has 1 aromatic heterocycles. The molecule has 1 amide bonds. The normalized spacial score (nSPS) is 9.50. The molecule has 0 fully saturated rings. The highest BCUT2D eigenvalue weighted by atomic mass is 16.1. The van der Waals surface area contributed by atoms with Crippen LogP contribution in [0, 0.1) is 6.92 Å². The number of nitrogens with one attached hydrogen (secondary N) is 1. The Morgan fingerprint density at radius 2 is 2.33 bits per heavy atom. The molecule has 0 aliphatic carbocycles. The van der Waals surface area contributed by atoms with E-state index in [1.807, 2.05) is 26.0 Å². The highest BCUT2D eigenvalue weighted by Crippen LogP contribution is 1.97. The Kier molecular flexibility index (Phi) is 2.80. The van der Waals surface area contributed by atoms with E-state index in [0.717, 1.165) is 5.69 Å². The molecule has 0 aromatic carbocycles. The van der Waals surface area contributed by atoms with Gasteiger partial charge in [-0.1, -0.05) is 6.07 Å². The maximum absolute atomic E-state index is 11.2. The molecular weight excluding hydrogens is 152 g/mol. The smallest absolute Gasteiger partial charge is 0.269 e. The lowest BCUT2D eigenvalue weighted by molar-refractivity contribution is 0.0950. The second-order valence-electron chi connectivity index (χ2n) is 2.52. The molecule has 1 heterocycles. The Balaban J connectivity index is 2.81. The van der Waals surface area contributed by atoms with Crippen LogP contribution < -0.4 is 5.32 Å². The Morgan fingerprint density at radius 3 is 2.92 bits per heavy atom. The summed E-state index contributed by atoms with van der Waals surface area (Å²) in [5, 5.41) is 2.69. The average molecular weight is 164 g/mol. The van der Waals surface area contributed by atoms with Gasteiger partial charge in [0.1, 0.15) is 5.69 Å². The van der Waals surface area contributed by atoms with E-state index >= 15 is 0 Å². The van der Waals surface area contributed by atoms with E-state index in [0.29, 0.717) is 12.2 Å². The topological polar surface area (TPSA) is 42.0 Å². The molecule has 1 rings (SSSR count). The molecule has 0 aliphatic rings. The fraction of sp³-hybridized carbons (Fsp3) is 0.333. The van der Waals surface area contributed by atoms with Gasteiger partial charge >= 0.3 is 0 Å². The van der Waals surface area contributed by atoms with E-state index < -0.39 is 0 Å². The van der Waals surface area contributed by atoms with E-state index in [1.54, 1.807) is 6.07 Å². The molecule has 64 valence electrons. The molecule has 0 atom stereocenters. The number of carbonyl (C=O) groups excluding carboxylic acids is 1. The lowest BCUT2D eigenvalue weighted by Gasteiger charge is -2.00. The van der Waals surface area contributed by atoms with Crippen molar-refractivity contribution in [2.75, 3.05) is 6.54 Å². The zero-order valence-electron chi connectivity index (χ0n) is 7.29. The van der Waals surface area contributed by atoms with Gasteiger partial charge < -0.3 is 5.32 Å². The molecule has 0 unspecified atom stereocenters. The van der Waals surface area contributed by atoms with Crippen LogP contribution in [0.1, 0.15) is 23.1 Å². The predicted octanol–water partition coefficient (Wildman–Crippen LogP) is 1.14. The van der Waals surface area contributed by atoms with Crippen LogP contribution in [0.15, 0.2) is 18.2 Å². The largest absolute Gasteiger partial charge is 0.351 e. The molecule has 0 saturated heterocycles. The Morgan fingerprint density at radius 1 is 1.58 bits per heavy atom. The molecule has 0 bridgehead atoms. The summed E-state index contributed by atoms with van der Waals surface area (Å²) in [7, 11) is 0. The van der Waals surface area contributed by atoms with E-state index in [2.05, 4.69) is 10.3 Å². The number of amides is 1. The van der Waals surface area contributed by atoms with Gasteiger partial charge in [0.15, 0.2) is 0 Å². The minimum atomic E-state index is -0.110. The van der Waals surface area contributed by atoms with Crippen LogP contribution >= 0.6 is 0 Å².